The third-order valence-corrected chi connectivity index (χ3v) is 3.57. The Morgan fingerprint density at radius 1 is 1.35 bits per heavy atom. The fourth-order valence-electron chi connectivity index (χ4n) is 2.38. The highest BCUT2D eigenvalue weighted by molar-refractivity contribution is 5.34. The van der Waals surface area contributed by atoms with Gasteiger partial charge in [-0.25, -0.2) is 0 Å². The maximum absolute atomic E-state index is 10.6. The van der Waals surface area contributed by atoms with Crippen LogP contribution in [0.3, 0.4) is 0 Å². The van der Waals surface area contributed by atoms with E-state index in [4.69, 9.17) is 5.26 Å². The van der Waals surface area contributed by atoms with Gasteiger partial charge in [-0.15, -0.1) is 0 Å². The van der Waals surface area contributed by atoms with Crippen LogP contribution in [-0.4, -0.2) is 5.11 Å². The van der Waals surface area contributed by atoms with Crippen molar-refractivity contribution in [1.29, 1.82) is 5.26 Å². The molecule has 2 atom stereocenters. The molecule has 88 valence electrons. The van der Waals surface area contributed by atoms with Gasteiger partial charge in [0.25, 0.3) is 0 Å². The summed E-state index contributed by atoms with van der Waals surface area (Å²) in [5.41, 5.74) is 0.669. The van der Waals surface area contributed by atoms with Crippen LogP contribution in [0.1, 0.15) is 37.3 Å². The van der Waals surface area contributed by atoms with Crippen molar-refractivity contribution in [3.05, 3.63) is 47.5 Å². The number of hydrogen-bond acceptors (Lipinski definition) is 2. The highest BCUT2D eigenvalue weighted by Gasteiger charge is 2.32. The first-order valence-corrected chi connectivity index (χ1v) is 6.04. The van der Waals surface area contributed by atoms with Crippen LogP contribution < -0.4 is 0 Å². The Labute approximate surface area is 102 Å². The molecule has 0 fully saturated rings. The highest BCUT2D eigenvalue weighted by atomic mass is 16.3. The summed E-state index contributed by atoms with van der Waals surface area (Å²) in [5, 5.41) is 19.4. The molecule has 2 heteroatoms. The summed E-state index contributed by atoms with van der Waals surface area (Å²) in [6, 6.07) is 9.31. The average Bonchev–Trinajstić information content (AvgIpc) is 2.40. The summed E-state index contributed by atoms with van der Waals surface area (Å²) < 4.78 is 0. The van der Waals surface area contributed by atoms with Crippen LogP contribution in [0.25, 0.3) is 0 Å². The van der Waals surface area contributed by atoms with Crippen molar-refractivity contribution in [1.82, 2.24) is 0 Å². The second kappa shape index (κ2) is 4.73. The summed E-state index contributed by atoms with van der Waals surface area (Å²) in [6.07, 6.45) is 7.52. The molecule has 0 bridgehead atoms. The molecule has 2 nitrogen and oxygen atoms in total. The zero-order valence-corrected chi connectivity index (χ0v) is 10.1. The van der Waals surface area contributed by atoms with Crippen molar-refractivity contribution in [2.45, 2.75) is 31.8 Å². The maximum Gasteiger partial charge on any atom is 0.0991 e. The molecule has 17 heavy (non-hydrogen) atoms. The monoisotopic (exact) mass is 227 g/mol. The summed E-state index contributed by atoms with van der Waals surface area (Å²) in [4.78, 5) is 0. The number of aliphatic hydroxyl groups is 1. The van der Waals surface area contributed by atoms with Gasteiger partial charge in [0.1, 0.15) is 0 Å². The average molecular weight is 227 g/mol. The predicted molar refractivity (Wildman–Crippen MR) is 67.2 cm³/mol. The van der Waals surface area contributed by atoms with E-state index in [1.807, 2.05) is 19.1 Å². The van der Waals surface area contributed by atoms with Crippen LogP contribution >= 0.6 is 0 Å². The Bertz CT molecular complexity index is 451. The highest BCUT2D eigenvalue weighted by Crippen LogP contribution is 2.35. The van der Waals surface area contributed by atoms with Gasteiger partial charge in [0.2, 0.25) is 0 Å². The van der Waals surface area contributed by atoms with Gasteiger partial charge in [0.15, 0.2) is 0 Å². The van der Waals surface area contributed by atoms with E-state index in [0.29, 0.717) is 5.56 Å². The Balaban J connectivity index is 2.27. The lowest BCUT2D eigenvalue weighted by atomic mass is 9.78. The number of allylic oxidation sites excluding steroid dienone is 1. The molecule has 0 unspecified atom stereocenters. The van der Waals surface area contributed by atoms with E-state index in [-0.39, 0.29) is 5.92 Å². The molecule has 0 aromatic heterocycles. The Kier molecular flexibility index (Phi) is 3.31. The van der Waals surface area contributed by atoms with Crippen LogP contribution in [0.15, 0.2) is 36.4 Å². The molecule has 0 spiro atoms. The molecule has 0 heterocycles. The van der Waals surface area contributed by atoms with Gasteiger partial charge in [0.05, 0.1) is 17.2 Å². The maximum atomic E-state index is 10.6. The molecule has 1 aliphatic rings. The van der Waals surface area contributed by atoms with Crippen LogP contribution in [0, 0.1) is 17.2 Å². The topological polar surface area (TPSA) is 44.0 Å². The summed E-state index contributed by atoms with van der Waals surface area (Å²) in [6.45, 7) is 1.86. The number of rotatable bonds is 2. The van der Waals surface area contributed by atoms with E-state index < -0.39 is 5.60 Å². The fraction of sp³-hybridized carbons (Fsp3) is 0.400. The van der Waals surface area contributed by atoms with Crippen molar-refractivity contribution in [3.63, 3.8) is 0 Å². The van der Waals surface area contributed by atoms with Crippen LogP contribution in [0.5, 0.6) is 0 Å². The smallest absolute Gasteiger partial charge is 0.0991 e. The van der Waals surface area contributed by atoms with Gasteiger partial charge >= 0.3 is 0 Å². The standard InChI is InChI=1S/C15H17NO/c1-15(17,13-5-3-2-4-6-13)14-9-7-12(11-16)8-10-14/h3,5,7-10,13,17H,2,4,6H2,1H3/t13-,15-/m0/s1. The molecular weight excluding hydrogens is 210 g/mol. The minimum Gasteiger partial charge on any atom is -0.385 e. The predicted octanol–water partition coefficient (Wildman–Crippen LogP) is 3.12. The van der Waals surface area contributed by atoms with Gasteiger partial charge in [-0.1, -0.05) is 24.3 Å². The summed E-state index contributed by atoms with van der Waals surface area (Å²) >= 11 is 0. The molecule has 2 rings (SSSR count). The van der Waals surface area contributed by atoms with E-state index in [9.17, 15) is 5.11 Å². The van der Waals surface area contributed by atoms with Crippen molar-refractivity contribution >= 4 is 0 Å². The van der Waals surface area contributed by atoms with Crippen LogP contribution in [0.2, 0.25) is 0 Å². The third kappa shape index (κ3) is 2.40. The first kappa shape index (κ1) is 11.9. The first-order valence-electron chi connectivity index (χ1n) is 6.04. The second-order valence-corrected chi connectivity index (χ2v) is 4.80. The van der Waals surface area contributed by atoms with Gasteiger partial charge in [-0.05, 0) is 43.9 Å². The Morgan fingerprint density at radius 2 is 2.06 bits per heavy atom. The molecule has 1 aromatic rings. The Hall–Kier alpha value is -1.59. The van der Waals surface area contributed by atoms with E-state index in [1.54, 1.807) is 12.1 Å². The van der Waals surface area contributed by atoms with Crippen molar-refractivity contribution in [2.24, 2.45) is 5.92 Å². The minimum absolute atomic E-state index is 0.171. The quantitative estimate of drug-likeness (QED) is 0.789. The van der Waals surface area contributed by atoms with Crippen molar-refractivity contribution in [3.8, 4) is 6.07 Å². The normalized spacial score (nSPS) is 22.8. The molecule has 0 saturated heterocycles. The zero-order chi connectivity index (χ0) is 12.3. The van der Waals surface area contributed by atoms with E-state index in [1.165, 1.54) is 0 Å². The van der Waals surface area contributed by atoms with Crippen molar-refractivity contribution in [2.75, 3.05) is 0 Å². The number of benzene rings is 1. The first-order chi connectivity index (χ1) is 8.14. The zero-order valence-electron chi connectivity index (χ0n) is 10.1. The lowest BCUT2D eigenvalue weighted by Gasteiger charge is -2.33. The molecule has 1 aliphatic carbocycles. The Morgan fingerprint density at radius 3 is 2.59 bits per heavy atom. The van der Waals surface area contributed by atoms with E-state index in [2.05, 4.69) is 18.2 Å². The number of hydrogen-bond donors (Lipinski definition) is 1. The number of nitrogens with zero attached hydrogens (tertiary/aromatic N) is 1. The molecule has 1 aromatic carbocycles. The van der Waals surface area contributed by atoms with Crippen LogP contribution in [-0.2, 0) is 5.60 Å². The largest absolute Gasteiger partial charge is 0.385 e. The minimum atomic E-state index is -0.842. The fourth-order valence-corrected chi connectivity index (χ4v) is 2.38. The molecule has 1 N–H and O–H groups in total. The number of nitriles is 1. The van der Waals surface area contributed by atoms with Crippen LogP contribution in [0.4, 0.5) is 0 Å². The summed E-state index contributed by atoms with van der Waals surface area (Å²) in [5.74, 6) is 0.171. The molecular formula is C15H17NO. The van der Waals surface area contributed by atoms with Gasteiger partial charge in [0, 0.05) is 5.92 Å². The second-order valence-electron chi connectivity index (χ2n) is 4.80. The van der Waals surface area contributed by atoms with Gasteiger partial charge in [-0.3, -0.25) is 0 Å². The van der Waals surface area contributed by atoms with Gasteiger partial charge in [-0.2, -0.15) is 5.26 Å². The lowest BCUT2D eigenvalue weighted by molar-refractivity contribution is 0.00800. The molecule has 0 aliphatic heterocycles. The third-order valence-electron chi connectivity index (χ3n) is 3.57. The SMILES string of the molecule is C[C@@](O)(c1ccc(C#N)cc1)[C@H]1C=CCCC1. The van der Waals surface area contributed by atoms with E-state index in [0.717, 1.165) is 24.8 Å². The molecule has 0 radical (unpaired) electrons. The molecule has 0 saturated carbocycles. The summed E-state index contributed by atoms with van der Waals surface area (Å²) in [7, 11) is 0. The lowest BCUT2D eigenvalue weighted by Crippen LogP contribution is -2.31. The molecule has 0 amide bonds. The van der Waals surface area contributed by atoms with E-state index >= 15 is 0 Å². The van der Waals surface area contributed by atoms with Gasteiger partial charge < -0.3 is 5.11 Å². The van der Waals surface area contributed by atoms with Crippen molar-refractivity contribution < 1.29 is 5.11 Å².